The molecule has 1 aromatic heterocycles. The first kappa shape index (κ1) is 19.1. The average molecular weight is 335 g/mol. The van der Waals surface area contributed by atoms with Crippen LogP contribution in [0, 0.1) is 5.41 Å². The molecule has 1 amide bonds. The Balaban J connectivity index is 0.00000264. The summed E-state index contributed by atoms with van der Waals surface area (Å²) in [6, 6.07) is 9.71. The summed E-state index contributed by atoms with van der Waals surface area (Å²) in [7, 11) is 0. The van der Waals surface area contributed by atoms with Gasteiger partial charge in [0.05, 0.1) is 23.5 Å². The van der Waals surface area contributed by atoms with Gasteiger partial charge in [-0.05, 0) is 12.8 Å². The number of halogens is 1. The van der Waals surface area contributed by atoms with Gasteiger partial charge in [0.25, 0.3) is 0 Å². The Bertz CT molecular complexity index is 604. The number of carbonyl (C=O) groups is 1. The molecule has 0 saturated heterocycles. The van der Waals surface area contributed by atoms with Gasteiger partial charge in [0.15, 0.2) is 5.82 Å². The fourth-order valence-electron chi connectivity index (χ4n) is 2.35. The van der Waals surface area contributed by atoms with E-state index >= 15 is 0 Å². The van der Waals surface area contributed by atoms with Gasteiger partial charge in [-0.25, -0.2) is 9.97 Å². The number of hydrogen-bond donors (Lipinski definition) is 2. The van der Waals surface area contributed by atoms with Crippen LogP contribution in [-0.4, -0.2) is 22.4 Å². The summed E-state index contributed by atoms with van der Waals surface area (Å²) >= 11 is 0. The lowest BCUT2D eigenvalue weighted by molar-refractivity contribution is -0.125. The Morgan fingerprint density at radius 2 is 1.70 bits per heavy atom. The largest absolute Gasteiger partial charge is 0.329 e. The molecule has 0 bridgehead atoms. The molecule has 5 nitrogen and oxygen atoms in total. The SMILES string of the molecule is CCC(CC)(CN)C(=O)Nc1cnc(-c2ccccc2)nc1.Cl. The van der Waals surface area contributed by atoms with Gasteiger partial charge in [0, 0.05) is 12.1 Å². The Morgan fingerprint density at radius 1 is 1.13 bits per heavy atom. The van der Waals surface area contributed by atoms with Crippen LogP contribution in [0.25, 0.3) is 11.4 Å². The van der Waals surface area contributed by atoms with Crippen molar-refractivity contribution in [3.63, 3.8) is 0 Å². The van der Waals surface area contributed by atoms with Crippen LogP contribution in [0.2, 0.25) is 0 Å². The van der Waals surface area contributed by atoms with Gasteiger partial charge >= 0.3 is 0 Å². The highest BCUT2D eigenvalue weighted by molar-refractivity contribution is 5.95. The molecule has 0 atom stereocenters. The lowest BCUT2D eigenvalue weighted by Crippen LogP contribution is -2.41. The molecule has 6 heteroatoms. The second-order valence-corrected chi connectivity index (χ2v) is 5.31. The van der Waals surface area contributed by atoms with Crippen molar-refractivity contribution in [2.75, 3.05) is 11.9 Å². The van der Waals surface area contributed by atoms with Crippen molar-refractivity contribution in [2.24, 2.45) is 11.1 Å². The van der Waals surface area contributed by atoms with Gasteiger partial charge in [-0.2, -0.15) is 0 Å². The minimum absolute atomic E-state index is 0. The van der Waals surface area contributed by atoms with E-state index in [-0.39, 0.29) is 18.3 Å². The first-order valence-electron chi connectivity index (χ1n) is 7.54. The third-order valence-electron chi connectivity index (χ3n) is 4.17. The molecule has 0 spiro atoms. The van der Waals surface area contributed by atoms with Gasteiger partial charge in [-0.15, -0.1) is 12.4 Å². The molecule has 0 radical (unpaired) electrons. The molecule has 23 heavy (non-hydrogen) atoms. The minimum Gasteiger partial charge on any atom is -0.329 e. The summed E-state index contributed by atoms with van der Waals surface area (Å²) < 4.78 is 0. The first-order valence-corrected chi connectivity index (χ1v) is 7.54. The molecule has 0 aliphatic carbocycles. The van der Waals surface area contributed by atoms with Gasteiger partial charge in [0.1, 0.15) is 0 Å². The number of benzene rings is 1. The van der Waals surface area contributed by atoms with E-state index in [0.29, 0.717) is 30.9 Å². The van der Waals surface area contributed by atoms with Crippen molar-refractivity contribution < 1.29 is 4.79 Å². The molecule has 2 rings (SSSR count). The van der Waals surface area contributed by atoms with Crippen molar-refractivity contribution in [1.29, 1.82) is 0 Å². The second-order valence-electron chi connectivity index (χ2n) is 5.31. The van der Waals surface area contributed by atoms with E-state index < -0.39 is 5.41 Å². The summed E-state index contributed by atoms with van der Waals surface area (Å²) in [5.41, 5.74) is 6.79. The van der Waals surface area contributed by atoms with Gasteiger partial charge < -0.3 is 11.1 Å². The summed E-state index contributed by atoms with van der Waals surface area (Å²) in [5, 5.41) is 2.87. The molecule has 1 heterocycles. The van der Waals surface area contributed by atoms with Crippen LogP contribution in [-0.2, 0) is 4.79 Å². The van der Waals surface area contributed by atoms with E-state index in [9.17, 15) is 4.79 Å². The molecule has 0 saturated carbocycles. The summed E-state index contributed by atoms with van der Waals surface area (Å²) in [5.74, 6) is 0.561. The molecular formula is C17H23ClN4O. The maximum Gasteiger partial charge on any atom is 0.231 e. The molecule has 0 aliphatic rings. The minimum atomic E-state index is -0.530. The van der Waals surface area contributed by atoms with E-state index in [1.54, 1.807) is 12.4 Å². The Labute approximate surface area is 143 Å². The lowest BCUT2D eigenvalue weighted by Gasteiger charge is -2.28. The summed E-state index contributed by atoms with van der Waals surface area (Å²) in [4.78, 5) is 21.0. The fraction of sp³-hybridized carbons (Fsp3) is 0.353. The van der Waals surface area contributed by atoms with Crippen molar-refractivity contribution in [3.05, 3.63) is 42.7 Å². The average Bonchev–Trinajstić information content (AvgIpc) is 2.58. The third kappa shape index (κ3) is 4.27. The van der Waals surface area contributed by atoms with Crippen molar-refractivity contribution in [2.45, 2.75) is 26.7 Å². The van der Waals surface area contributed by atoms with Crippen LogP contribution in [0.3, 0.4) is 0 Å². The van der Waals surface area contributed by atoms with Crippen LogP contribution in [0.1, 0.15) is 26.7 Å². The summed E-state index contributed by atoms with van der Waals surface area (Å²) in [6.07, 6.45) is 4.66. The second kappa shape index (κ2) is 8.60. The quantitative estimate of drug-likeness (QED) is 0.849. The molecule has 3 N–H and O–H groups in total. The van der Waals surface area contributed by atoms with E-state index in [2.05, 4.69) is 15.3 Å². The number of anilines is 1. The Morgan fingerprint density at radius 3 is 2.17 bits per heavy atom. The first-order chi connectivity index (χ1) is 10.6. The van der Waals surface area contributed by atoms with Crippen LogP contribution < -0.4 is 11.1 Å². The number of amides is 1. The smallest absolute Gasteiger partial charge is 0.231 e. The van der Waals surface area contributed by atoms with E-state index in [4.69, 9.17) is 5.73 Å². The van der Waals surface area contributed by atoms with Crippen LogP contribution in [0.5, 0.6) is 0 Å². The number of nitrogens with one attached hydrogen (secondary N) is 1. The van der Waals surface area contributed by atoms with Crippen LogP contribution >= 0.6 is 12.4 Å². The third-order valence-corrected chi connectivity index (χ3v) is 4.17. The van der Waals surface area contributed by atoms with Crippen molar-refractivity contribution in [1.82, 2.24) is 9.97 Å². The van der Waals surface area contributed by atoms with E-state index in [0.717, 1.165) is 5.56 Å². The Hall–Kier alpha value is -1.98. The summed E-state index contributed by atoms with van der Waals surface area (Å²) in [6.45, 7) is 4.28. The molecule has 0 fully saturated rings. The Kier molecular flexibility index (Phi) is 7.13. The molecule has 1 aromatic carbocycles. The van der Waals surface area contributed by atoms with E-state index in [1.165, 1.54) is 0 Å². The molecule has 0 unspecified atom stereocenters. The predicted octanol–water partition coefficient (Wildman–Crippen LogP) is 3.27. The van der Waals surface area contributed by atoms with Crippen LogP contribution in [0.4, 0.5) is 5.69 Å². The zero-order valence-electron chi connectivity index (χ0n) is 13.5. The van der Waals surface area contributed by atoms with Gasteiger partial charge in [-0.3, -0.25) is 4.79 Å². The topological polar surface area (TPSA) is 80.9 Å². The maximum atomic E-state index is 12.4. The van der Waals surface area contributed by atoms with Gasteiger partial charge in [-0.1, -0.05) is 44.2 Å². The highest BCUT2D eigenvalue weighted by atomic mass is 35.5. The predicted molar refractivity (Wildman–Crippen MR) is 95.4 cm³/mol. The molecule has 2 aromatic rings. The zero-order chi connectivity index (χ0) is 16.0. The van der Waals surface area contributed by atoms with Crippen molar-refractivity contribution in [3.8, 4) is 11.4 Å². The number of aromatic nitrogens is 2. The molecular weight excluding hydrogens is 312 g/mol. The monoisotopic (exact) mass is 334 g/mol. The van der Waals surface area contributed by atoms with Gasteiger partial charge in [0.2, 0.25) is 5.91 Å². The van der Waals surface area contributed by atoms with E-state index in [1.807, 2.05) is 44.2 Å². The number of nitrogens with zero attached hydrogens (tertiary/aromatic N) is 2. The standard InChI is InChI=1S/C17H22N4O.ClH/c1-3-17(4-2,12-18)16(22)21-14-10-19-15(20-11-14)13-8-6-5-7-9-13;/h5-11H,3-4,12,18H2,1-2H3,(H,21,22);1H. The highest BCUT2D eigenvalue weighted by Gasteiger charge is 2.33. The van der Waals surface area contributed by atoms with Crippen molar-refractivity contribution >= 4 is 24.0 Å². The normalized spacial score (nSPS) is 10.7. The fourth-order valence-corrected chi connectivity index (χ4v) is 2.35. The maximum absolute atomic E-state index is 12.4. The lowest BCUT2D eigenvalue weighted by atomic mass is 9.81. The zero-order valence-corrected chi connectivity index (χ0v) is 14.3. The van der Waals surface area contributed by atoms with Crippen LogP contribution in [0.15, 0.2) is 42.7 Å². The number of hydrogen-bond acceptors (Lipinski definition) is 4. The highest BCUT2D eigenvalue weighted by Crippen LogP contribution is 2.26. The number of nitrogens with two attached hydrogens (primary N) is 1. The molecule has 124 valence electrons. The number of carbonyl (C=O) groups excluding carboxylic acids is 1. The number of rotatable bonds is 6. The molecule has 0 aliphatic heterocycles.